The molecule has 1 fully saturated rings. The van der Waals surface area contributed by atoms with Gasteiger partial charge in [0.15, 0.2) is 0 Å². The Bertz CT molecular complexity index is 249. The van der Waals surface area contributed by atoms with Crippen molar-refractivity contribution < 1.29 is 8.42 Å². The summed E-state index contributed by atoms with van der Waals surface area (Å²) in [5.74, 6) is 0. The van der Waals surface area contributed by atoms with Gasteiger partial charge in [-0.15, -0.1) is 0 Å². The number of hydrogen-bond donors (Lipinski definition) is 1. The Hall–Kier alpha value is 0.390. The fraction of sp³-hybridized carbons (Fsp3) is 1.00. The molecule has 0 aromatic carbocycles. The topological polar surface area (TPSA) is 46.2 Å². The van der Waals surface area contributed by atoms with Gasteiger partial charge in [0.1, 0.15) is 0 Å². The van der Waals surface area contributed by atoms with Gasteiger partial charge < -0.3 is 0 Å². The molecule has 0 aromatic heterocycles. The van der Waals surface area contributed by atoms with E-state index in [1.165, 1.54) is 0 Å². The average molecular weight is 270 g/mol. The maximum atomic E-state index is 11.5. The van der Waals surface area contributed by atoms with E-state index in [-0.39, 0.29) is 11.3 Å². The normalized spacial score (nSPS) is 20.2. The molecular formula is C8H16BrNO2S. The van der Waals surface area contributed by atoms with Crippen molar-refractivity contribution in [3.05, 3.63) is 0 Å². The van der Waals surface area contributed by atoms with E-state index >= 15 is 0 Å². The summed E-state index contributed by atoms with van der Waals surface area (Å²) in [7, 11) is -2.99. The highest BCUT2D eigenvalue weighted by molar-refractivity contribution is 9.09. The van der Waals surface area contributed by atoms with Crippen molar-refractivity contribution in [2.45, 2.75) is 43.9 Å². The monoisotopic (exact) mass is 269 g/mol. The summed E-state index contributed by atoms with van der Waals surface area (Å²) in [5.41, 5.74) is 0. The van der Waals surface area contributed by atoms with Gasteiger partial charge in [-0.3, -0.25) is 0 Å². The first-order valence-corrected chi connectivity index (χ1v) is 7.34. The van der Waals surface area contributed by atoms with Crippen LogP contribution in [0.5, 0.6) is 0 Å². The second kappa shape index (κ2) is 4.75. The zero-order valence-corrected chi connectivity index (χ0v) is 10.2. The van der Waals surface area contributed by atoms with Crippen molar-refractivity contribution in [2.75, 3.05) is 5.33 Å². The predicted molar refractivity (Wildman–Crippen MR) is 57.6 cm³/mol. The van der Waals surface area contributed by atoms with Crippen LogP contribution in [-0.4, -0.2) is 25.0 Å². The Balaban J connectivity index is 2.44. The molecule has 78 valence electrons. The van der Waals surface area contributed by atoms with Crippen LogP contribution >= 0.6 is 15.9 Å². The van der Waals surface area contributed by atoms with E-state index in [0.717, 1.165) is 31.0 Å². The van der Waals surface area contributed by atoms with Crippen LogP contribution in [0.1, 0.15) is 32.6 Å². The van der Waals surface area contributed by atoms with Gasteiger partial charge in [-0.25, -0.2) is 13.1 Å². The van der Waals surface area contributed by atoms with Gasteiger partial charge in [0.2, 0.25) is 10.0 Å². The molecule has 1 aliphatic carbocycles. The van der Waals surface area contributed by atoms with E-state index in [0.29, 0.717) is 0 Å². The summed E-state index contributed by atoms with van der Waals surface area (Å²) >= 11 is 3.32. The van der Waals surface area contributed by atoms with Crippen molar-refractivity contribution in [3.63, 3.8) is 0 Å². The summed E-state index contributed by atoms with van der Waals surface area (Å²) in [6.07, 6.45) is 3.39. The molecule has 1 atom stereocenters. The van der Waals surface area contributed by atoms with E-state index in [4.69, 9.17) is 0 Å². The molecule has 3 nitrogen and oxygen atoms in total. The molecule has 0 saturated heterocycles. The number of hydrogen-bond acceptors (Lipinski definition) is 2. The molecule has 0 spiro atoms. The molecule has 5 heteroatoms. The fourth-order valence-electron chi connectivity index (χ4n) is 1.18. The molecule has 1 saturated carbocycles. The number of nitrogens with one attached hydrogen (secondary N) is 1. The highest BCUT2D eigenvalue weighted by Crippen LogP contribution is 2.27. The third kappa shape index (κ3) is 3.56. The summed E-state index contributed by atoms with van der Waals surface area (Å²) in [4.78, 5) is 0. The summed E-state index contributed by atoms with van der Waals surface area (Å²) in [6.45, 7) is 2.00. The van der Waals surface area contributed by atoms with Crippen molar-refractivity contribution in [1.82, 2.24) is 4.72 Å². The molecule has 1 aliphatic rings. The summed E-state index contributed by atoms with van der Waals surface area (Å²) < 4.78 is 25.8. The Morgan fingerprint density at radius 2 is 2.15 bits per heavy atom. The maximum absolute atomic E-state index is 11.5. The van der Waals surface area contributed by atoms with Crippen molar-refractivity contribution in [1.29, 1.82) is 0 Å². The highest BCUT2D eigenvalue weighted by Gasteiger charge is 2.36. The van der Waals surface area contributed by atoms with E-state index in [1.54, 1.807) is 0 Å². The maximum Gasteiger partial charge on any atom is 0.214 e. The number of alkyl halides is 1. The lowest BCUT2D eigenvalue weighted by Gasteiger charge is -2.15. The SMILES string of the molecule is CCC(CCBr)NS(=O)(=O)C1CC1. The Kier molecular flexibility index (Phi) is 4.19. The second-order valence-electron chi connectivity index (χ2n) is 3.45. The van der Waals surface area contributed by atoms with Crippen molar-refractivity contribution in [2.24, 2.45) is 0 Å². The lowest BCUT2D eigenvalue weighted by atomic mass is 10.2. The molecule has 0 radical (unpaired) electrons. The van der Waals surface area contributed by atoms with Gasteiger partial charge in [0.25, 0.3) is 0 Å². The van der Waals surface area contributed by atoms with E-state index < -0.39 is 10.0 Å². The molecular weight excluding hydrogens is 254 g/mol. The van der Waals surface area contributed by atoms with E-state index in [2.05, 4.69) is 20.7 Å². The molecule has 13 heavy (non-hydrogen) atoms. The lowest BCUT2D eigenvalue weighted by molar-refractivity contribution is 0.532. The second-order valence-corrected chi connectivity index (χ2v) is 6.23. The summed E-state index contributed by atoms with van der Waals surface area (Å²) in [6, 6.07) is 0.102. The van der Waals surface area contributed by atoms with Crippen LogP contribution in [0, 0.1) is 0 Å². The molecule has 1 N–H and O–H groups in total. The quantitative estimate of drug-likeness (QED) is 0.746. The average Bonchev–Trinajstić information content (AvgIpc) is 2.85. The van der Waals surface area contributed by atoms with Crippen molar-refractivity contribution in [3.8, 4) is 0 Å². The van der Waals surface area contributed by atoms with Gasteiger partial charge >= 0.3 is 0 Å². The third-order valence-electron chi connectivity index (χ3n) is 2.24. The van der Waals surface area contributed by atoms with E-state index in [1.807, 2.05) is 6.92 Å². The zero-order valence-electron chi connectivity index (χ0n) is 7.79. The van der Waals surface area contributed by atoms with Crippen LogP contribution in [0.15, 0.2) is 0 Å². The molecule has 1 unspecified atom stereocenters. The Labute approximate surface area is 88.5 Å². The van der Waals surface area contributed by atoms with Gasteiger partial charge in [0.05, 0.1) is 5.25 Å². The van der Waals surface area contributed by atoms with Crippen LogP contribution in [0.3, 0.4) is 0 Å². The minimum Gasteiger partial charge on any atom is -0.212 e. The number of sulfonamides is 1. The predicted octanol–water partition coefficient (Wildman–Crippen LogP) is 1.63. The Morgan fingerprint density at radius 3 is 2.54 bits per heavy atom. The zero-order chi connectivity index (χ0) is 9.90. The smallest absolute Gasteiger partial charge is 0.212 e. The molecule has 1 rings (SSSR count). The van der Waals surface area contributed by atoms with Gasteiger partial charge in [0, 0.05) is 11.4 Å². The fourth-order valence-corrected chi connectivity index (χ4v) is 3.44. The Morgan fingerprint density at radius 1 is 1.54 bits per heavy atom. The van der Waals surface area contributed by atoms with Crippen LogP contribution in [-0.2, 0) is 10.0 Å². The van der Waals surface area contributed by atoms with Gasteiger partial charge in [-0.2, -0.15) is 0 Å². The molecule has 0 bridgehead atoms. The number of halogens is 1. The van der Waals surface area contributed by atoms with E-state index in [9.17, 15) is 8.42 Å². The molecule has 0 aromatic rings. The first-order valence-electron chi connectivity index (χ1n) is 4.67. The first-order chi connectivity index (χ1) is 6.10. The van der Waals surface area contributed by atoms with Crippen LogP contribution in [0.2, 0.25) is 0 Å². The highest BCUT2D eigenvalue weighted by atomic mass is 79.9. The van der Waals surface area contributed by atoms with Crippen LogP contribution in [0.25, 0.3) is 0 Å². The minimum atomic E-state index is -2.99. The third-order valence-corrected chi connectivity index (χ3v) is 4.71. The largest absolute Gasteiger partial charge is 0.214 e. The van der Waals surface area contributed by atoms with Gasteiger partial charge in [-0.05, 0) is 25.7 Å². The summed E-state index contributed by atoms with van der Waals surface area (Å²) in [5, 5.41) is 0.746. The van der Waals surface area contributed by atoms with Crippen LogP contribution in [0.4, 0.5) is 0 Å². The van der Waals surface area contributed by atoms with Crippen LogP contribution < -0.4 is 4.72 Å². The number of rotatable bonds is 6. The molecule has 0 amide bonds. The molecule has 0 aliphatic heterocycles. The lowest BCUT2D eigenvalue weighted by Crippen LogP contribution is -2.36. The van der Waals surface area contributed by atoms with Crippen molar-refractivity contribution >= 4 is 26.0 Å². The first kappa shape index (κ1) is 11.5. The van der Waals surface area contributed by atoms with Gasteiger partial charge in [-0.1, -0.05) is 22.9 Å². The standard InChI is InChI=1S/C8H16BrNO2S/c1-2-7(5-6-9)10-13(11,12)8-3-4-8/h7-8,10H,2-6H2,1H3. The minimum absolute atomic E-state index is 0.100. The molecule has 0 heterocycles.